The molecule has 9 heteroatoms. The monoisotopic (exact) mass is 480 g/mol. The molecule has 0 spiro atoms. The number of halogens is 1. The highest BCUT2D eigenvalue weighted by molar-refractivity contribution is 7.07. The van der Waals surface area contributed by atoms with Crippen LogP contribution in [0.2, 0.25) is 0 Å². The molecule has 5 rings (SSSR count). The van der Waals surface area contributed by atoms with Crippen molar-refractivity contribution in [1.29, 1.82) is 0 Å². The molecule has 0 saturated carbocycles. The number of thiazole rings is 1. The fourth-order valence-corrected chi connectivity index (χ4v) is 5.22. The molecule has 3 aromatic rings. The average Bonchev–Trinajstić information content (AvgIpc) is 3.46. The highest BCUT2D eigenvalue weighted by Gasteiger charge is 2.50. The number of Topliss-reactive ketones (excluding diaryl/α,β-unsaturated/α-hetero) is 1. The molecule has 1 aromatic carbocycles. The van der Waals surface area contributed by atoms with Crippen LogP contribution in [0.25, 0.3) is 11.8 Å². The quantitative estimate of drug-likeness (QED) is 0.498. The Kier molecular flexibility index (Phi) is 5.39. The fourth-order valence-electron chi connectivity index (χ4n) is 4.69. The van der Waals surface area contributed by atoms with Gasteiger partial charge in [0.2, 0.25) is 0 Å². The number of aromatic nitrogens is 3. The van der Waals surface area contributed by atoms with Crippen LogP contribution in [-0.4, -0.2) is 50.2 Å². The van der Waals surface area contributed by atoms with Crippen LogP contribution in [0.4, 0.5) is 9.18 Å². The molecule has 1 unspecified atom stereocenters. The van der Waals surface area contributed by atoms with E-state index in [-0.39, 0.29) is 18.1 Å². The summed E-state index contributed by atoms with van der Waals surface area (Å²) in [6.45, 7) is 6.14. The van der Waals surface area contributed by atoms with Crippen LogP contribution in [0.5, 0.6) is 0 Å². The van der Waals surface area contributed by atoms with Gasteiger partial charge in [-0.3, -0.25) is 4.79 Å². The number of rotatable bonds is 3. The van der Waals surface area contributed by atoms with E-state index in [1.807, 2.05) is 26.8 Å². The van der Waals surface area contributed by atoms with Crippen molar-refractivity contribution >= 4 is 29.3 Å². The first-order valence-electron chi connectivity index (χ1n) is 11.1. The molecule has 0 N–H and O–H groups in total. The van der Waals surface area contributed by atoms with Crippen LogP contribution in [0.15, 0.2) is 46.9 Å². The van der Waals surface area contributed by atoms with E-state index in [2.05, 4.69) is 10.1 Å². The topological polar surface area (TPSA) is 77.3 Å². The Morgan fingerprint density at radius 3 is 2.65 bits per heavy atom. The molecular formula is C25H25FN4O3S. The third kappa shape index (κ3) is 3.94. The van der Waals surface area contributed by atoms with Gasteiger partial charge in [0, 0.05) is 18.5 Å². The van der Waals surface area contributed by atoms with Crippen molar-refractivity contribution in [2.45, 2.75) is 39.2 Å². The van der Waals surface area contributed by atoms with E-state index in [9.17, 15) is 14.0 Å². The summed E-state index contributed by atoms with van der Waals surface area (Å²) < 4.78 is 20.8. The molecule has 1 atom stereocenters. The minimum atomic E-state index is -0.938. The second-order valence-corrected chi connectivity index (χ2v) is 10.4. The van der Waals surface area contributed by atoms with Crippen molar-refractivity contribution in [1.82, 2.24) is 19.7 Å². The van der Waals surface area contributed by atoms with Crippen LogP contribution in [-0.2, 0) is 11.2 Å². The summed E-state index contributed by atoms with van der Waals surface area (Å²) in [6, 6.07) is 6.15. The number of carbonyl (C=O) groups excluding carboxylic acids is 2. The lowest BCUT2D eigenvalue weighted by Gasteiger charge is -2.45. The maximum absolute atomic E-state index is 13.9. The zero-order valence-electron chi connectivity index (χ0n) is 19.2. The molecule has 1 saturated heterocycles. The van der Waals surface area contributed by atoms with Gasteiger partial charge in [0.05, 0.1) is 28.5 Å². The maximum atomic E-state index is 13.9. The van der Waals surface area contributed by atoms with Gasteiger partial charge in [-0.2, -0.15) is 5.10 Å². The summed E-state index contributed by atoms with van der Waals surface area (Å²) in [5.74, 6) is -0.418. The molecule has 1 aliphatic carbocycles. The molecule has 1 aliphatic heterocycles. The molecule has 1 fully saturated rings. The van der Waals surface area contributed by atoms with Crippen molar-refractivity contribution in [2.24, 2.45) is 5.41 Å². The Balaban J connectivity index is 1.55. The van der Waals surface area contributed by atoms with Crippen molar-refractivity contribution in [3.63, 3.8) is 0 Å². The molecule has 3 heterocycles. The first kappa shape index (κ1) is 22.5. The number of benzene rings is 1. The van der Waals surface area contributed by atoms with E-state index in [0.29, 0.717) is 25.1 Å². The van der Waals surface area contributed by atoms with E-state index in [1.165, 1.54) is 23.5 Å². The Morgan fingerprint density at radius 1 is 1.21 bits per heavy atom. The van der Waals surface area contributed by atoms with Gasteiger partial charge >= 0.3 is 6.09 Å². The van der Waals surface area contributed by atoms with E-state index in [1.54, 1.807) is 38.8 Å². The number of likely N-dealkylation sites (tertiary alicyclic amines) is 1. The number of fused-ring (bicyclic) bond motifs is 2. The van der Waals surface area contributed by atoms with E-state index >= 15 is 0 Å². The number of ether oxygens (including phenoxy) is 1. The summed E-state index contributed by atoms with van der Waals surface area (Å²) in [5, 5.41) is 6.28. The van der Waals surface area contributed by atoms with E-state index < -0.39 is 17.1 Å². The molecule has 0 bridgehead atoms. The lowest BCUT2D eigenvalue weighted by Crippen LogP contribution is -2.54. The molecule has 34 heavy (non-hydrogen) atoms. The first-order chi connectivity index (χ1) is 16.2. The summed E-state index contributed by atoms with van der Waals surface area (Å²) in [4.78, 5) is 32.7. The minimum Gasteiger partial charge on any atom is -0.444 e. The highest BCUT2D eigenvalue weighted by Crippen LogP contribution is 2.46. The minimum absolute atomic E-state index is 0.103. The normalized spacial score (nSPS) is 19.8. The van der Waals surface area contributed by atoms with E-state index in [4.69, 9.17) is 4.74 Å². The Bertz CT molecular complexity index is 1270. The number of carbonyl (C=O) groups is 2. The van der Waals surface area contributed by atoms with Crippen LogP contribution in [0.3, 0.4) is 0 Å². The summed E-state index contributed by atoms with van der Waals surface area (Å²) >= 11 is 1.37. The number of amides is 1. The predicted octanol–water partition coefficient (Wildman–Crippen LogP) is 4.92. The number of hydrogen-bond acceptors (Lipinski definition) is 6. The summed E-state index contributed by atoms with van der Waals surface area (Å²) in [5.41, 5.74) is 3.92. The van der Waals surface area contributed by atoms with Crippen molar-refractivity contribution in [3.05, 3.63) is 69.7 Å². The summed E-state index contributed by atoms with van der Waals surface area (Å²) in [6.07, 6.45) is 4.25. The standard InChI is InChI=1S/C25H25FN4O3S/c1-24(2,3)33-23(32)29-9-8-17-10-21-16(12-28-30(21)19-6-4-18(26)5-7-19)11-25(17,14-29)22(31)20-13-34-15-27-20/h4-7,10,12-13,15H,8-9,11,14H2,1-3H3. The summed E-state index contributed by atoms with van der Waals surface area (Å²) in [7, 11) is 0. The second-order valence-electron chi connectivity index (χ2n) is 9.73. The van der Waals surface area contributed by atoms with E-state index in [0.717, 1.165) is 22.5 Å². The van der Waals surface area contributed by atoms with Crippen LogP contribution < -0.4 is 0 Å². The zero-order chi connectivity index (χ0) is 24.1. The molecule has 7 nitrogen and oxygen atoms in total. The molecule has 176 valence electrons. The Labute approximate surface area is 200 Å². The molecule has 0 radical (unpaired) electrons. The Morgan fingerprint density at radius 2 is 1.97 bits per heavy atom. The average molecular weight is 481 g/mol. The fraction of sp³-hybridized carbons (Fsp3) is 0.360. The Hall–Kier alpha value is -3.33. The molecular weight excluding hydrogens is 455 g/mol. The number of piperidine rings is 1. The van der Waals surface area contributed by atoms with Gasteiger partial charge in [-0.15, -0.1) is 11.3 Å². The van der Waals surface area contributed by atoms with Gasteiger partial charge in [-0.25, -0.2) is 18.9 Å². The largest absolute Gasteiger partial charge is 0.444 e. The number of ketones is 1. The zero-order valence-corrected chi connectivity index (χ0v) is 20.1. The maximum Gasteiger partial charge on any atom is 0.410 e. The highest BCUT2D eigenvalue weighted by atomic mass is 32.1. The lowest BCUT2D eigenvalue weighted by molar-refractivity contribution is 0.0138. The van der Waals surface area contributed by atoms with Gasteiger partial charge < -0.3 is 9.64 Å². The predicted molar refractivity (Wildman–Crippen MR) is 127 cm³/mol. The molecule has 2 aromatic heterocycles. The molecule has 2 aliphatic rings. The van der Waals surface area contributed by atoms with Gasteiger partial charge in [0.25, 0.3) is 0 Å². The van der Waals surface area contributed by atoms with Crippen molar-refractivity contribution < 1.29 is 18.7 Å². The molecule has 1 amide bonds. The van der Waals surface area contributed by atoms with Crippen molar-refractivity contribution in [3.8, 4) is 5.69 Å². The van der Waals surface area contributed by atoms with Crippen LogP contribution in [0, 0.1) is 11.2 Å². The third-order valence-corrected chi connectivity index (χ3v) is 6.82. The second kappa shape index (κ2) is 8.16. The van der Waals surface area contributed by atoms with Crippen LogP contribution in [0.1, 0.15) is 48.9 Å². The first-order valence-corrected chi connectivity index (χ1v) is 12.1. The number of nitrogens with zero attached hydrogens (tertiary/aromatic N) is 4. The number of hydrogen-bond donors (Lipinski definition) is 0. The van der Waals surface area contributed by atoms with Crippen LogP contribution >= 0.6 is 11.3 Å². The smallest absolute Gasteiger partial charge is 0.410 e. The third-order valence-electron chi connectivity index (χ3n) is 6.24. The van der Waals surface area contributed by atoms with Gasteiger partial charge in [-0.1, -0.05) is 5.57 Å². The van der Waals surface area contributed by atoms with Crippen molar-refractivity contribution in [2.75, 3.05) is 13.1 Å². The van der Waals surface area contributed by atoms with Gasteiger partial charge in [0.15, 0.2) is 5.78 Å². The van der Waals surface area contributed by atoms with Gasteiger partial charge in [0.1, 0.15) is 17.1 Å². The lowest BCUT2D eigenvalue weighted by atomic mass is 9.65. The van der Waals surface area contributed by atoms with Gasteiger partial charge in [-0.05, 0) is 69.5 Å². The SMILES string of the molecule is CC(C)(C)OC(=O)N1CCC2=Cc3c(cnn3-c3ccc(F)cc3)CC2(C(=O)c2cscn2)C1.